The Morgan fingerprint density at radius 1 is 0.536 bits per heavy atom. The van der Waals surface area contributed by atoms with Crippen molar-refractivity contribution < 1.29 is 25.2 Å². The Morgan fingerprint density at radius 2 is 0.893 bits per heavy atom. The molecule has 0 saturated carbocycles. The summed E-state index contributed by atoms with van der Waals surface area (Å²) in [6.45, 7) is -0.0873. The normalized spacial score (nSPS) is 11.5. The van der Waals surface area contributed by atoms with Crippen LogP contribution in [0.15, 0.2) is 0 Å². The number of aliphatic hydroxyl groups is 4. The molecule has 0 rings (SSSR count). The van der Waals surface area contributed by atoms with Crippen LogP contribution in [-0.4, -0.2) is 45.5 Å². The van der Waals surface area contributed by atoms with E-state index in [0.717, 1.165) is 25.7 Å². The van der Waals surface area contributed by atoms with E-state index in [1.54, 1.807) is 0 Å². The van der Waals surface area contributed by atoms with Crippen LogP contribution in [0.2, 0.25) is 0 Å². The molecule has 1 amide bonds. The molecule has 0 aromatic heterocycles. The monoisotopic (exact) mass is 403 g/mol. The maximum atomic E-state index is 11.4. The predicted molar refractivity (Wildman–Crippen MR) is 113 cm³/mol. The van der Waals surface area contributed by atoms with Crippen LogP contribution in [0, 0.1) is 0 Å². The standard InChI is InChI=1S/C22H45NO5/c24-20(23-19-22(27)28)17-15-13-11-9-7-5-3-1-2-4-6-8-10-12-14-16-18-21(25)26/h21-22,25-28H,1-19H2,(H,23,24). The molecule has 0 saturated heterocycles. The first-order valence-corrected chi connectivity index (χ1v) is 11.5. The van der Waals surface area contributed by atoms with Crippen molar-refractivity contribution in [1.29, 1.82) is 0 Å². The molecule has 0 bridgehead atoms. The third-order valence-corrected chi connectivity index (χ3v) is 5.10. The number of nitrogens with one attached hydrogen (secondary N) is 1. The molecular weight excluding hydrogens is 358 g/mol. The number of hydrogen-bond acceptors (Lipinski definition) is 5. The van der Waals surface area contributed by atoms with Gasteiger partial charge in [-0.2, -0.15) is 0 Å². The van der Waals surface area contributed by atoms with Crippen molar-refractivity contribution in [3.8, 4) is 0 Å². The summed E-state index contributed by atoms with van der Waals surface area (Å²) in [7, 11) is 0. The lowest BCUT2D eigenvalue weighted by Crippen LogP contribution is -2.31. The number of hydrogen-bond donors (Lipinski definition) is 5. The second-order valence-corrected chi connectivity index (χ2v) is 7.96. The van der Waals surface area contributed by atoms with Gasteiger partial charge >= 0.3 is 0 Å². The largest absolute Gasteiger partial charge is 0.368 e. The summed E-state index contributed by atoms with van der Waals surface area (Å²) >= 11 is 0. The minimum atomic E-state index is -1.46. The van der Waals surface area contributed by atoms with Crippen molar-refractivity contribution in [3.05, 3.63) is 0 Å². The Labute approximate surface area is 171 Å². The van der Waals surface area contributed by atoms with Gasteiger partial charge in [0, 0.05) is 6.42 Å². The highest BCUT2D eigenvalue weighted by atomic mass is 16.5. The lowest BCUT2D eigenvalue weighted by atomic mass is 10.0. The quantitative estimate of drug-likeness (QED) is 0.148. The van der Waals surface area contributed by atoms with Crippen LogP contribution in [0.4, 0.5) is 0 Å². The van der Waals surface area contributed by atoms with Crippen LogP contribution in [0.25, 0.3) is 0 Å². The zero-order valence-electron chi connectivity index (χ0n) is 17.8. The van der Waals surface area contributed by atoms with Crippen LogP contribution < -0.4 is 5.32 Å². The third kappa shape index (κ3) is 23.3. The summed E-state index contributed by atoms with van der Waals surface area (Å²) in [4.78, 5) is 11.4. The van der Waals surface area contributed by atoms with Gasteiger partial charge in [-0.3, -0.25) is 4.79 Å². The molecule has 0 atom stereocenters. The number of rotatable bonds is 21. The molecular formula is C22H45NO5. The van der Waals surface area contributed by atoms with Crippen molar-refractivity contribution in [2.75, 3.05) is 6.54 Å². The van der Waals surface area contributed by atoms with Crippen LogP contribution in [0.1, 0.15) is 116 Å². The fourth-order valence-electron chi connectivity index (χ4n) is 3.38. The molecule has 0 spiro atoms. The number of carbonyl (C=O) groups excluding carboxylic acids is 1. The molecule has 0 heterocycles. The van der Waals surface area contributed by atoms with E-state index in [1.165, 1.54) is 77.0 Å². The van der Waals surface area contributed by atoms with Crippen molar-refractivity contribution in [3.63, 3.8) is 0 Å². The first kappa shape index (κ1) is 27.3. The van der Waals surface area contributed by atoms with E-state index in [2.05, 4.69) is 5.32 Å². The zero-order chi connectivity index (χ0) is 20.9. The van der Waals surface area contributed by atoms with Gasteiger partial charge in [-0.25, -0.2) is 0 Å². The number of aliphatic hydroxyl groups excluding tert-OH is 2. The van der Waals surface area contributed by atoms with Crippen LogP contribution >= 0.6 is 0 Å². The molecule has 28 heavy (non-hydrogen) atoms. The Bertz CT molecular complexity index is 337. The summed E-state index contributed by atoms with van der Waals surface area (Å²) in [6.07, 6.45) is 17.8. The van der Waals surface area contributed by atoms with E-state index in [0.29, 0.717) is 12.8 Å². The SMILES string of the molecule is O=C(CCCCCCCCCCCCCCCCCCC(O)O)NCC(O)O. The lowest BCUT2D eigenvalue weighted by molar-refractivity contribution is -0.123. The summed E-state index contributed by atoms with van der Waals surface area (Å²) in [6, 6.07) is 0. The maximum Gasteiger partial charge on any atom is 0.220 e. The van der Waals surface area contributed by atoms with E-state index >= 15 is 0 Å². The Kier molecular flexibility index (Phi) is 20.5. The van der Waals surface area contributed by atoms with Crippen molar-refractivity contribution >= 4 is 5.91 Å². The fraction of sp³-hybridized carbons (Fsp3) is 0.955. The van der Waals surface area contributed by atoms with E-state index in [9.17, 15) is 4.79 Å². The molecule has 6 heteroatoms. The summed E-state index contributed by atoms with van der Waals surface area (Å²) in [5.41, 5.74) is 0. The molecule has 6 nitrogen and oxygen atoms in total. The predicted octanol–water partition coefficient (Wildman–Crippen LogP) is 3.75. The Hall–Kier alpha value is -0.690. The molecule has 0 aliphatic rings. The third-order valence-electron chi connectivity index (χ3n) is 5.10. The van der Waals surface area contributed by atoms with Gasteiger partial charge < -0.3 is 25.7 Å². The van der Waals surface area contributed by atoms with E-state index in [-0.39, 0.29) is 12.5 Å². The lowest BCUT2D eigenvalue weighted by Gasteiger charge is -2.06. The summed E-state index contributed by atoms with van der Waals surface area (Å²) < 4.78 is 0. The highest BCUT2D eigenvalue weighted by Crippen LogP contribution is 2.14. The molecule has 5 N–H and O–H groups in total. The van der Waals surface area contributed by atoms with Gasteiger partial charge in [0.25, 0.3) is 0 Å². The van der Waals surface area contributed by atoms with Gasteiger partial charge in [0.2, 0.25) is 5.91 Å². The van der Waals surface area contributed by atoms with Gasteiger partial charge in [-0.1, -0.05) is 89.9 Å². The number of unbranched alkanes of at least 4 members (excludes halogenated alkanes) is 15. The van der Waals surface area contributed by atoms with E-state index in [4.69, 9.17) is 20.4 Å². The molecule has 168 valence electrons. The zero-order valence-corrected chi connectivity index (χ0v) is 17.8. The van der Waals surface area contributed by atoms with Gasteiger partial charge in [0.05, 0.1) is 6.54 Å². The first-order chi connectivity index (χ1) is 13.5. The molecule has 0 unspecified atom stereocenters. The van der Waals surface area contributed by atoms with Gasteiger partial charge in [0.1, 0.15) is 0 Å². The average Bonchev–Trinajstić information content (AvgIpc) is 2.65. The first-order valence-electron chi connectivity index (χ1n) is 11.5. The van der Waals surface area contributed by atoms with Gasteiger partial charge in [-0.15, -0.1) is 0 Å². The number of amides is 1. The van der Waals surface area contributed by atoms with Crippen molar-refractivity contribution in [2.24, 2.45) is 0 Å². The van der Waals surface area contributed by atoms with Gasteiger partial charge in [0.15, 0.2) is 12.6 Å². The topological polar surface area (TPSA) is 110 Å². The summed E-state index contributed by atoms with van der Waals surface area (Å²) in [5, 5.41) is 37.3. The second-order valence-electron chi connectivity index (χ2n) is 7.96. The second kappa shape index (κ2) is 21.0. The fourth-order valence-corrected chi connectivity index (χ4v) is 3.38. The number of carbonyl (C=O) groups is 1. The molecule has 0 fully saturated rings. The minimum Gasteiger partial charge on any atom is -0.368 e. The van der Waals surface area contributed by atoms with Crippen LogP contribution in [0.5, 0.6) is 0 Å². The molecule has 0 radical (unpaired) electrons. The van der Waals surface area contributed by atoms with E-state index < -0.39 is 12.6 Å². The average molecular weight is 404 g/mol. The molecule has 0 aliphatic heterocycles. The summed E-state index contributed by atoms with van der Waals surface area (Å²) in [5.74, 6) is -0.102. The molecule has 0 aromatic rings. The van der Waals surface area contributed by atoms with Crippen molar-refractivity contribution in [2.45, 2.75) is 128 Å². The van der Waals surface area contributed by atoms with Gasteiger partial charge in [-0.05, 0) is 19.3 Å². The highest BCUT2D eigenvalue weighted by Gasteiger charge is 2.03. The Balaban J connectivity index is 3.09. The maximum absolute atomic E-state index is 11.4. The highest BCUT2D eigenvalue weighted by molar-refractivity contribution is 5.75. The van der Waals surface area contributed by atoms with E-state index in [1.807, 2.05) is 0 Å². The van der Waals surface area contributed by atoms with Crippen LogP contribution in [0.3, 0.4) is 0 Å². The molecule has 0 aliphatic carbocycles. The molecule has 0 aromatic carbocycles. The Morgan fingerprint density at radius 3 is 1.25 bits per heavy atom. The van der Waals surface area contributed by atoms with Crippen molar-refractivity contribution in [1.82, 2.24) is 5.32 Å². The van der Waals surface area contributed by atoms with Crippen LogP contribution in [-0.2, 0) is 4.79 Å². The minimum absolute atomic E-state index is 0.0873. The smallest absolute Gasteiger partial charge is 0.220 e.